The van der Waals surface area contributed by atoms with E-state index in [-0.39, 0.29) is 0 Å². The first-order valence-corrected chi connectivity index (χ1v) is 8.58. The van der Waals surface area contributed by atoms with E-state index in [1.807, 2.05) is 0 Å². The highest BCUT2D eigenvalue weighted by Crippen LogP contribution is 2.37. The molecule has 2 aromatic rings. The van der Waals surface area contributed by atoms with Gasteiger partial charge in [-0.15, -0.1) is 11.3 Å². The molecule has 1 aromatic carbocycles. The Morgan fingerprint density at radius 2 is 1.80 bits per heavy atom. The number of thiophene rings is 1. The van der Waals surface area contributed by atoms with Crippen LogP contribution < -0.4 is 5.73 Å². The molecule has 0 amide bonds. The van der Waals surface area contributed by atoms with E-state index < -0.39 is 0 Å². The molecule has 0 radical (unpaired) electrons. The number of hydrogen-bond acceptors (Lipinski definition) is 2. The second-order valence-electron chi connectivity index (χ2n) is 5.80. The maximum atomic E-state index is 6.15. The van der Waals surface area contributed by atoms with Crippen LogP contribution in [0.25, 0.3) is 11.1 Å². The summed E-state index contributed by atoms with van der Waals surface area (Å²) in [6.45, 7) is 2.18. The zero-order chi connectivity index (χ0) is 13.9. The molecule has 1 aliphatic carbocycles. The summed E-state index contributed by atoms with van der Waals surface area (Å²) in [4.78, 5) is 1.37. The number of aryl methyl sites for hydroxylation is 1. The van der Waals surface area contributed by atoms with Crippen LogP contribution in [0.2, 0.25) is 0 Å². The van der Waals surface area contributed by atoms with Gasteiger partial charge < -0.3 is 5.73 Å². The molecule has 1 aromatic heterocycles. The first-order chi connectivity index (χ1) is 9.78. The summed E-state index contributed by atoms with van der Waals surface area (Å²) in [5.74, 6) is 0.781. The molecule has 0 saturated heterocycles. The van der Waals surface area contributed by atoms with Crippen molar-refractivity contribution in [3.05, 3.63) is 40.8 Å². The van der Waals surface area contributed by atoms with E-state index >= 15 is 0 Å². The van der Waals surface area contributed by atoms with Crippen LogP contribution in [0.1, 0.15) is 55.4 Å². The summed E-state index contributed by atoms with van der Waals surface area (Å²) in [5, 5.41) is 0.951. The van der Waals surface area contributed by atoms with Crippen LogP contribution in [0.15, 0.2) is 30.3 Å². The maximum absolute atomic E-state index is 6.15. The van der Waals surface area contributed by atoms with Crippen molar-refractivity contribution in [1.29, 1.82) is 0 Å². The molecule has 3 rings (SSSR count). The lowest BCUT2D eigenvalue weighted by Crippen LogP contribution is -2.04. The van der Waals surface area contributed by atoms with Crippen molar-refractivity contribution in [2.24, 2.45) is 0 Å². The fourth-order valence-electron chi connectivity index (χ4n) is 3.23. The van der Waals surface area contributed by atoms with E-state index in [2.05, 4.69) is 37.3 Å². The van der Waals surface area contributed by atoms with Crippen molar-refractivity contribution >= 4 is 16.3 Å². The maximum Gasteiger partial charge on any atom is 0.0938 e. The lowest BCUT2D eigenvalue weighted by molar-refractivity contribution is 0.443. The highest BCUT2D eigenvalue weighted by Gasteiger charge is 2.15. The molecule has 1 saturated carbocycles. The average Bonchev–Trinajstić information content (AvgIpc) is 2.89. The zero-order valence-corrected chi connectivity index (χ0v) is 13.0. The van der Waals surface area contributed by atoms with Gasteiger partial charge in [0.2, 0.25) is 0 Å². The molecule has 2 N–H and O–H groups in total. The highest BCUT2D eigenvalue weighted by atomic mass is 32.1. The Hall–Kier alpha value is -1.28. The molecule has 0 unspecified atom stereocenters. The van der Waals surface area contributed by atoms with E-state index in [9.17, 15) is 0 Å². The molecule has 1 nitrogen and oxygen atoms in total. The van der Waals surface area contributed by atoms with Gasteiger partial charge in [0.15, 0.2) is 0 Å². The second-order valence-corrected chi connectivity index (χ2v) is 6.97. The summed E-state index contributed by atoms with van der Waals surface area (Å²) in [6.07, 6.45) is 7.99. The predicted molar refractivity (Wildman–Crippen MR) is 89.4 cm³/mol. The van der Waals surface area contributed by atoms with Crippen LogP contribution in [0.5, 0.6) is 0 Å². The van der Waals surface area contributed by atoms with Crippen molar-refractivity contribution in [3.8, 4) is 11.1 Å². The van der Waals surface area contributed by atoms with Crippen molar-refractivity contribution in [3.63, 3.8) is 0 Å². The lowest BCUT2D eigenvalue weighted by atomic mass is 9.84. The number of nitrogen functional groups attached to an aromatic ring is 1. The Morgan fingerprint density at radius 1 is 1.10 bits per heavy atom. The van der Waals surface area contributed by atoms with Crippen LogP contribution in [-0.2, 0) is 6.42 Å². The summed E-state index contributed by atoms with van der Waals surface area (Å²) in [6, 6.07) is 11.4. The number of benzene rings is 1. The topological polar surface area (TPSA) is 26.0 Å². The highest BCUT2D eigenvalue weighted by molar-refractivity contribution is 7.16. The Balaban J connectivity index is 1.83. The van der Waals surface area contributed by atoms with Crippen molar-refractivity contribution in [2.75, 3.05) is 5.73 Å². The lowest BCUT2D eigenvalue weighted by Gasteiger charge is -2.22. The van der Waals surface area contributed by atoms with Gasteiger partial charge in [0, 0.05) is 10.4 Å². The van der Waals surface area contributed by atoms with Crippen LogP contribution in [0.4, 0.5) is 5.00 Å². The monoisotopic (exact) mass is 285 g/mol. The minimum atomic E-state index is 0.781. The third kappa shape index (κ3) is 2.76. The molecule has 1 aliphatic rings. The van der Waals surface area contributed by atoms with Crippen molar-refractivity contribution < 1.29 is 0 Å². The third-order valence-corrected chi connectivity index (χ3v) is 5.57. The minimum Gasteiger partial charge on any atom is -0.390 e. The van der Waals surface area contributed by atoms with Crippen LogP contribution in [0.3, 0.4) is 0 Å². The second kappa shape index (κ2) is 6.01. The van der Waals surface area contributed by atoms with E-state index in [0.717, 1.165) is 17.3 Å². The Morgan fingerprint density at radius 3 is 2.40 bits per heavy atom. The molecular weight excluding hydrogens is 262 g/mol. The summed E-state index contributed by atoms with van der Waals surface area (Å²) >= 11 is 1.72. The quantitative estimate of drug-likeness (QED) is 0.779. The van der Waals surface area contributed by atoms with Crippen LogP contribution in [0, 0.1) is 0 Å². The molecule has 106 valence electrons. The summed E-state index contributed by atoms with van der Waals surface area (Å²) < 4.78 is 0. The molecule has 2 heteroatoms. The van der Waals surface area contributed by atoms with Gasteiger partial charge >= 0.3 is 0 Å². The van der Waals surface area contributed by atoms with E-state index in [1.54, 1.807) is 11.3 Å². The van der Waals surface area contributed by atoms with Gasteiger partial charge in [0.1, 0.15) is 0 Å². The molecule has 1 fully saturated rings. The average molecular weight is 285 g/mol. The fraction of sp³-hybridized carbons (Fsp3) is 0.444. The molecule has 0 spiro atoms. The largest absolute Gasteiger partial charge is 0.390 e. The molecular formula is C18H23NS. The number of nitrogens with two attached hydrogens (primary N) is 1. The van der Waals surface area contributed by atoms with Crippen LogP contribution in [-0.4, -0.2) is 0 Å². The third-order valence-electron chi connectivity index (χ3n) is 4.46. The Kier molecular flexibility index (Phi) is 4.11. The van der Waals surface area contributed by atoms with Gasteiger partial charge in [-0.25, -0.2) is 0 Å². The van der Waals surface area contributed by atoms with Gasteiger partial charge in [-0.3, -0.25) is 0 Å². The standard InChI is InChI=1S/C18H23NS/c1-2-16-12-17(18(19)20-16)15-10-8-14(9-11-15)13-6-4-3-5-7-13/h8-13H,2-7,19H2,1H3. The molecule has 20 heavy (non-hydrogen) atoms. The van der Waals surface area contributed by atoms with Gasteiger partial charge in [0.25, 0.3) is 0 Å². The number of hydrogen-bond donors (Lipinski definition) is 1. The molecule has 0 aliphatic heterocycles. The van der Waals surface area contributed by atoms with E-state index in [4.69, 9.17) is 5.73 Å². The zero-order valence-electron chi connectivity index (χ0n) is 12.2. The molecule has 0 atom stereocenters. The van der Waals surface area contributed by atoms with E-state index in [0.29, 0.717) is 0 Å². The summed E-state index contributed by atoms with van der Waals surface area (Å²) in [7, 11) is 0. The summed E-state index contributed by atoms with van der Waals surface area (Å²) in [5.41, 5.74) is 10.1. The van der Waals surface area contributed by atoms with E-state index in [1.165, 1.54) is 53.7 Å². The Labute approximate surface area is 125 Å². The predicted octanol–water partition coefficient (Wildman–Crippen LogP) is 5.61. The minimum absolute atomic E-state index is 0.781. The van der Waals surface area contributed by atoms with Gasteiger partial charge in [-0.2, -0.15) is 0 Å². The molecule has 1 heterocycles. The van der Waals surface area contributed by atoms with Crippen LogP contribution >= 0.6 is 11.3 Å². The Bertz CT molecular complexity index is 562. The van der Waals surface area contributed by atoms with Gasteiger partial charge in [-0.1, -0.05) is 50.5 Å². The molecule has 0 bridgehead atoms. The van der Waals surface area contributed by atoms with Crippen molar-refractivity contribution in [2.45, 2.75) is 51.4 Å². The van der Waals surface area contributed by atoms with Gasteiger partial charge in [0.05, 0.1) is 5.00 Å². The first-order valence-electron chi connectivity index (χ1n) is 7.76. The first kappa shape index (κ1) is 13.7. The number of rotatable bonds is 3. The van der Waals surface area contributed by atoms with Crippen molar-refractivity contribution in [1.82, 2.24) is 0 Å². The SMILES string of the molecule is CCc1cc(-c2ccc(C3CCCCC3)cc2)c(N)s1. The normalized spacial score (nSPS) is 16.4. The smallest absolute Gasteiger partial charge is 0.0938 e. The van der Waals surface area contributed by atoms with Gasteiger partial charge in [-0.05, 0) is 42.4 Å². The number of anilines is 1. The fourth-order valence-corrected chi connectivity index (χ4v) is 4.12.